The molecule has 0 radical (unpaired) electrons. The highest BCUT2D eigenvalue weighted by atomic mass is 16.2. The lowest BCUT2D eigenvalue weighted by molar-refractivity contribution is -0.115. The molecule has 0 fully saturated rings. The van der Waals surface area contributed by atoms with Crippen LogP contribution in [-0.4, -0.2) is 29.3 Å². The summed E-state index contributed by atoms with van der Waals surface area (Å²) in [6.45, 7) is 10.2. The molecule has 0 aliphatic carbocycles. The number of carbonyl (C=O) groups excluding carboxylic acids is 2. The minimum Gasteiger partial charge on any atom is -0.326 e. The van der Waals surface area contributed by atoms with Crippen molar-refractivity contribution in [2.24, 2.45) is 0 Å². The minimum absolute atomic E-state index is 0.0587. The first-order valence-electron chi connectivity index (χ1n) is 9.47. The number of rotatable bonds is 8. The minimum atomic E-state index is -0.170. The molecule has 0 aliphatic heterocycles. The summed E-state index contributed by atoms with van der Waals surface area (Å²) in [5, 5.41) is 5.67. The van der Waals surface area contributed by atoms with Gasteiger partial charge in [0.15, 0.2) is 0 Å². The molecular weight excluding hydrogens is 338 g/mol. The molecule has 2 rings (SSSR count). The fourth-order valence-corrected chi connectivity index (χ4v) is 2.78. The Hall–Kier alpha value is -2.66. The van der Waals surface area contributed by atoms with Crippen LogP contribution in [0.1, 0.15) is 50.0 Å². The summed E-state index contributed by atoms with van der Waals surface area (Å²) in [5.41, 5.74) is 3.11. The van der Waals surface area contributed by atoms with Gasteiger partial charge in [-0.25, -0.2) is 0 Å². The maximum atomic E-state index is 12.5. The molecule has 0 saturated carbocycles. The molecule has 0 aromatic heterocycles. The third-order valence-electron chi connectivity index (χ3n) is 4.46. The van der Waals surface area contributed by atoms with Gasteiger partial charge in [0.1, 0.15) is 0 Å². The van der Waals surface area contributed by atoms with Crippen LogP contribution < -0.4 is 10.6 Å². The van der Waals surface area contributed by atoms with E-state index in [4.69, 9.17) is 0 Å². The van der Waals surface area contributed by atoms with Crippen LogP contribution in [0.25, 0.3) is 0 Å². The summed E-state index contributed by atoms with van der Waals surface area (Å²) in [6, 6.07) is 15.3. The highest BCUT2D eigenvalue weighted by Gasteiger charge is 2.10. The van der Waals surface area contributed by atoms with E-state index in [0.717, 1.165) is 13.1 Å². The molecule has 27 heavy (non-hydrogen) atoms. The van der Waals surface area contributed by atoms with Crippen LogP contribution >= 0.6 is 0 Å². The number of hydrogen-bond acceptors (Lipinski definition) is 3. The van der Waals surface area contributed by atoms with Gasteiger partial charge in [0.25, 0.3) is 5.91 Å². The zero-order chi connectivity index (χ0) is 19.8. The average Bonchev–Trinajstić information content (AvgIpc) is 2.66. The van der Waals surface area contributed by atoms with E-state index in [1.165, 1.54) is 5.56 Å². The number of amides is 2. The monoisotopic (exact) mass is 367 g/mol. The molecule has 2 aromatic rings. The van der Waals surface area contributed by atoms with Gasteiger partial charge in [-0.15, -0.1) is 0 Å². The van der Waals surface area contributed by atoms with Crippen molar-refractivity contribution in [3.8, 4) is 0 Å². The Morgan fingerprint density at radius 1 is 0.963 bits per heavy atom. The molecule has 0 heterocycles. The predicted molar refractivity (Wildman–Crippen MR) is 111 cm³/mol. The van der Waals surface area contributed by atoms with Crippen molar-refractivity contribution in [1.82, 2.24) is 4.90 Å². The van der Waals surface area contributed by atoms with Crippen LogP contribution in [0.4, 0.5) is 11.4 Å². The largest absolute Gasteiger partial charge is 0.326 e. The van der Waals surface area contributed by atoms with E-state index in [2.05, 4.69) is 36.3 Å². The van der Waals surface area contributed by atoms with E-state index >= 15 is 0 Å². The average molecular weight is 367 g/mol. The summed E-state index contributed by atoms with van der Waals surface area (Å²) in [7, 11) is 0. The van der Waals surface area contributed by atoms with Crippen molar-refractivity contribution in [2.75, 3.05) is 17.2 Å². The van der Waals surface area contributed by atoms with E-state index in [1.54, 1.807) is 31.2 Å². The number of nitrogens with one attached hydrogen (secondary N) is 2. The second-order valence-corrected chi connectivity index (χ2v) is 6.79. The Morgan fingerprint density at radius 2 is 1.59 bits per heavy atom. The van der Waals surface area contributed by atoms with E-state index in [9.17, 15) is 9.59 Å². The zero-order valence-corrected chi connectivity index (χ0v) is 16.6. The molecule has 5 nitrogen and oxygen atoms in total. The number of hydrogen-bond donors (Lipinski definition) is 2. The number of nitrogens with zero attached hydrogens (tertiary/aromatic N) is 1. The van der Waals surface area contributed by atoms with Crippen LogP contribution in [0.15, 0.2) is 48.5 Å². The molecule has 0 spiro atoms. The molecule has 0 saturated heterocycles. The molecule has 2 amide bonds. The molecule has 5 heteroatoms. The van der Waals surface area contributed by atoms with Crippen molar-refractivity contribution >= 4 is 23.2 Å². The Labute approximate surface area is 161 Å². The van der Waals surface area contributed by atoms with Gasteiger partial charge in [-0.3, -0.25) is 14.5 Å². The van der Waals surface area contributed by atoms with Gasteiger partial charge in [0, 0.05) is 35.9 Å². The Balaban J connectivity index is 2.02. The lowest BCUT2D eigenvalue weighted by Gasteiger charge is -2.24. The number of anilines is 2. The molecule has 0 unspecified atom stereocenters. The molecule has 2 aromatic carbocycles. The summed E-state index contributed by atoms with van der Waals surface area (Å²) in [5.74, 6) is -0.228. The van der Waals surface area contributed by atoms with E-state index in [-0.39, 0.29) is 11.8 Å². The van der Waals surface area contributed by atoms with Crippen LogP contribution in [-0.2, 0) is 11.3 Å². The van der Waals surface area contributed by atoms with Crippen molar-refractivity contribution in [1.29, 1.82) is 0 Å². The van der Waals surface area contributed by atoms with Crippen molar-refractivity contribution in [3.63, 3.8) is 0 Å². The first kappa shape index (κ1) is 20.6. The van der Waals surface area contributed by atoms with Crippen molar-refractivity contribution < 1.29 is 9.59 Å². The first-order chi connectivity index (χ1) is 12.9. The van der Waals surface area contributed by atoms with Gasteiger partial charge in [-0.1, -0.05) is 32.0 Å². The van der Waals surface area contributed by atoms with Gasteiger partial charge < -0.3 is 10.6 Å². The molecule has 0 aliphatic rings. The van der Waals surface area contributed by atoms with Gasteiger partial charge in [-0.2, -0.15) is 0 Å². The van der Waals surface area contributed by atoms with Gasteiger partial charge >= 0.3 is 0 Å². The Bertz CT molecular complexity index is 769. The van der Waals surface area contributed by atoms with E-state index in [1.807, 2.05) is 24.3 Å². The lowest BCUT2D eigenvalue weighted by Crippen LogP contribution is -2.29. The Kier molecular flexibility index (Phi) is 7.55. The molecular formula is C22H29N3O2. The van der Waals surface area contributed by atoms with E-state index < -0.39 is 0 Å². The first-order valence-corrected chi connectivity index (χ1v) is 9.47. The molecule has 0 bridgehead atoms. The zero-order valence-electron chi connectivity index (χ0n) is 16.6. The maximum absolute atomic E-state index is 12.5. The summed E-state index contributed by atoms with van der Waals surface area (Å²) >= 11 is 0. The molecule has 144 valence electrons. The SMILES string of the molecule is CCC(=O)Nc1cccc(NC(=O)c2ccc(CN(CC)C(C)C)cc2)c1. The van der Waals surface area contributed by atoms with Gasteiger partial charge in [0.05, 0.1) is 0 Å². The van der Waals surface area contributed by atoms with Crippen molar-refractivity contribution in [2.45, 2.75) is 46.7 Å². The standard InChI is InChI=1S/C22H29N3O2/c1-5-21(26)23-19-8-7-9-20(14-19)24-22(27)18-12-10-17(11-13-18)15-25(6-2)16(3)4/h7-14,16H,5-6,15H2,1-4H3,(H,23,26)(H,24,27). The summed E-state index contributed by atoms with van der Waals surface area (Å²) in [6.07, 6.45) is 0.412. The van der Waals surface area contributed by atoms with Crippen LogP contribution in [0, 0.1) is 0 Å². The van der Waals surface area contributed by atoms with Crippen LogP contribution in [0.2, 0.25) is 0 Å². The fraction of sp³-hybridized carbons (Fsp3) is 0.364. The molecule has 0 atom stereocenters. The second-order valence-electron chi connectivity index (χ2n) is 6.79. The van der Waals surface area contributed by atoms with E-state index in [0.29, 0.717) is 29.4 Å². The lowest BCUT2D eigenvalue weighted by atomic mass is 10.1. The molecule has 2 N–H and O–H groups in total. The highest BCUT2D eigenvalue weighted by Crippen LogP contribution is 2.17. The fourth-order valence-electron chi connectivity index (χ4n) is 2.78. The smallest absolute Gasteiger partial charge is 0.255 e. The quantitative estimate of drug-likeness (QED) is 0.721. The highest BCUT2D eigenvalue weighted by molar-refractivity contribution is 6.04. The van der Waals surface area contributed by atoms with Crippen molar-refractivity contribution in [3.05, 3.63) is 59.7 Å². The summed E-state index contributed by atoms with van der Waals surface area (Å²) in [4.78, 5) is 26.4. The topological polar surface area (TPSA) is 61.4 Å². The Morgan fingerprint density at radius 3 is 2.15 bits per heavy atom. The van der Waals surface area contributed by atoms with Gasteiger partial charge in [-0.05, 0) is 56.3 Å². The second kappa shape index (κ2) is 9.88. The third-order valence-corrected chi connectivity index (χ3v) is 4.46. The normalized spacial score (nSPS) is 10.9. The number of benzene rings is 2. The maximum Gasteiger partial charge on any atom is 0.255 e. The number of carbonyl (C=O) groups is 2. The third kappa shape index (κ3) is 6.22. The predicted octanol–water partition coefficient (Wildman–Crippen LogP) is 4.52. The summed E-state index contributed by atoms with van der Waals surface area (Å²) < 4.78 is 0. The van der Waals surface area contributed by atoms with Crippen LogP contribution in [0.5, 0.6) is 0 Å². The van der Waals surface area contributed by atoms with Crippen LogP contribution in [0.3, 0.4) is 0 Å². The van der Waals surface area contributed by atoms with Gasteiger partial charge in [0.2, 0.25) is 5.91 Å².